The lowest BCUT2D eigenvalue weighted by Gasteiger charge is -2.16. The molecule has 27 heavy (non-hydrogen) atoms. The third-order valence-corrected chi connectivity index (χ3v) is 3.60. The number of hydrogen-bond donors (Lipinski definition) is 1. The molecule has 9 nitrogen and oxygen atoms in total. The number of rotatable bonds is 6. The Bertz CT molecular complexity index is 844. The number of carbonyl (C=O) groups excluding carboxylic acids is 1. The number of hydrogen-bond acceptors (Lipinski definition) is 7. The Kier molecular flexibility index (Phi) is 5.94. The van der Waals surface area contributed by atoms with Crippen LogP contribution in [0.4, 0.5) is 11.4 Å². The molecular formula is C18H22N4O5. The van der Waals surface area contributed by atoms with Gasteiger partial charge < -0.3 is 14.8 Å². The molecule has 0 aliphatic heterocycles. The summed E-state index contributed by atoms with van der Waals surface area (Å²) >= 11 is 0. The fourth-order valence-electron chi connectivity index (χ4n) is 2.29. The zero-order chi connectivity index (χ0) is 20.2. The van der Waals surface area contributed by atoms with E-state index in [0.717, 1.165) is 0 Å². The van der Waals surface area contributed by atoms with Gasteiger partial charge in [-0.3, -0.25) is 14.9 Å². The average Bonchev–Trinajstić information content (AvgIpc) is 2.61. The molecule has 0 bridgehead atoms. The summed E-state index contributed by atoms with van der Waals surface area (Å²) in [5.74, 6) is 0.375. The summed E-state index contributed by atoms with van der Waals surface area (Å²) in [5.41, 5.74) is -0.441. The monoisotopic (exact) mass is 374 g/mol. The van der Waals surface area contributed by atoms with Crippen molar-refractivity contribution in [2.45, 2.75) is 33.1 Å². The first kappa shape index (κ1) is 20.1. The second kappa shape index (κ2) is 7.98. The maximum absolute atomic E-state index is 12.6. The molecular weight excluding hydrogens is 352 g/mol. The van der Waals surface area contributed by atoms with Crippen LogP contribution in [-0.2, 0) is 5.41 Å². The molecule has 0 aliphatic carbocycles. The van der Waals surface area contributed by atoms with Gasteiger partial charge in [0.05, 0.1) is 42.8 Å². The van der Waals surface area contributed by atoms with E-state index in [1.807, 2.05) is 20.8 Å². The predicted octanol–water partition coefficient (Wildman–Crippen LogP) is 3.34. The number of nitro groups is 1. The van der Waals surface area contributed by atoms with Gasteiger partial charge in [-0.2, -0.15) is 0 Å². The van der Waals surface area contributed by atoms with E-state index in [2.05, 4.69) is 15.3 Å². The van der Waals surface area contributed by atoms with Crippen molar-refractivity contribution in [1.82, 2.24) is 9.97 Å². The van der Waals surface area contributed by atoms with Gasteiger partial charge in [0.25, 0.3) is 11.6 Å². The number of nitrogens with one attached hydrogen (secondary N) is 1. The lowest BCUT2D eigenvalue weighted by atomic mass is 9.96. The zero-order valence-corrected chi connectivity index (χ0v) is 15.9. The minimum Gasteiger partial charge on any atom is -0.493 e. The third kappa shape index (κ3) is 4.69. The van der Waals surface area contributed by atoms with Crippen molar-refractivity contribution >= 4 is 17.3 Å². The fourth-order valence-corrected chi connectivity index (χ4v) is 2.29. The number of benzene rings is 1. The topological polar surface area (TPSA) is 116 Å². The summed E-state index contributed by atoms with van der Waals surface area (Å²) < 4.78 is 10.5. The molecule has 1 N–H and O–H groups in total. The Balaban J connectivity index is 2.36. The first-order valence-electron chi connectivity index (χ1n) is 8.30. The van der Waals surface area contributed by atoms with Crippen molar-refractivity contribution < 1.29 is 19.2 Å². The molecule has 9 heteroatoms. The highest BCUT2D eigenvalue weighted by Crippen LogP contribution is 2.35. The van der Waals surface area contributed by atoms with Crippen molar-refractivity contribution in [3.63, 3.8) is 0 Å². The maximum atomic E-state index is 12.6. The molecule has 0 radical (unpaired) electrons. The fraction of sp³-hybridized carbons (Fsp3) is 0.389. The van der Waals surface area contributed by atoms with E-state index in [1.54, 1.807) is 6.92 Å². The average molecular weight is 374 g/mol. The molecule has 0 atom stereocenters. The van der Waals surface area contributed by atoms with Gasteiger partial charge in [-0.15, -0.1) is 0 Å². The van der Waals surface area contributed by atoms with Crippen LogP contribution in [0.2, 0.25) is 0 Å². The molecule has 1 heterocycles. The van der Waals surface area contributed by atoms with E-state index < -0.39 is 10.8 Å². The van der Waals surface area contributed by atoms with Gasteiger partial charge in [-0.05, 0) is 6.92 Å². The molecule has 1 aromatic carbocycles. The first-order chi connectivity index (χ1) is 12.7. The van der Waals surface area contributed by atoms with E-state index in [4.69, 9.17) is 9.47 Å². The Morgan fingerprint density at radius 3 is 2.33 bits per heavy atom. The van der Waals surface area contributed by atoms with Crippen LogP contribution in [0.25, 0.3) is 0 Å². The standard InChI is InChI=1S/C18H22N4O5/c1-6-27-15-7-12(13(22(24)25)8-14(15)26-5)16(23)21-11-9-19-17(20-10-11)18(2,3)4/h7-10H,6H2,1-5H3,(H,21,23). The summed E-state index contributed by atoms with van der Waals surface area (Å²) in [4.78, 5) is 31.8. The Hall–Kier alpha value is -3.23. The van der Waals surface area contributed by atoms with E-state index in [9.17, 15) is 14.9 Å². The number of anilines is 1. The van der Waals surface area contributed by atoms with Crippen molar-refractivity contribution in [1.29, 1.82) is 0 Å². The highest BCUT2D eigenvalue weighted by Gasteiger charge is 2.25. The normalized spacial score (nSPS) is 11.0. The number of amides is 1. The Morgan fingerprint density at radius 2 is 1.85 bits per heavy atom. The minimum atomic E-state index is -0.669. The van der Waals surface area contributed by atoms with Crippen molar-refractivity contribution in [2.75, 3.05) is 19.0 Å². The molecule has 0 unspecified atom stereocenters. The Morgan fingerprint density at radius 1 is 1.22 bits per heavy atom. The van der Waals surface area contributed by atoms with Crippen LogP contribution in [0.3, 0.4) is 0 Å². The van der Waals surface area contributed by atoms with Gasteiger partial charge in [0, 0.05) is 11.5 Å². The summed E-state index contributed by atoms with van der Waals surface area (Å²) in [5, 5.41) is 13.9. The molecule has 0 spiro atoms. The van der Waals surface area contributed by atoms with Crippen LogP contribution in [0.1, 0.15) is 43.9 Å². The van der Waals surface area contributed by atoms with Crippen molar-refractivity contribution in [3.05, 3.63) is 46.0 Å². The first-order valence-corrected chi connectivity index (χ1v) is 8.30. The molecule has 1 amide bonds. The molecule has 144 valence electrons. The van der Waals surface area contributed by atoms with E-state index in [0.29, 0.717) is 18.1 Å². The number of nitrogens with zero attached hydrogens (tertiary/aromatic N) is 3. The highest BCUT2D eigenvalue weighted by atomic mass is 16.6. The zero-order valence-electron chi connectivity index (χ0n) is 15.9. The van der Waals surface area contributed by atoms with Gasteiger partial charge >= 0.3 is 0 Å². The second-order valence-corrected chi connectivity index (χ2v) is 6.71. The van der Waals surface area contributed by atoms with Gasteiger partial charge in [0.15, 0.2) is 11.5 Å². The summed E-state index contributed by atoms with van der Waals surface area (Å²) in [6, 6.07) is 2.46. The smallest absolute Gasteiger partial charge is 0.286 e. The lowest BCUT2D eigenvalue weighted by Crippen LogP contribution is -2.18. The number of methoxy groups -OCH3 is 1. The summed E-state index contributed by atoms with van der Waals surface area (Å²) in [7, 11) is 1.37. The highest BCUT2D eigenvalue weighted by molar-refractivity contribution is 6.07. The number of ether oxygens (including phenoxy) is 2. The summed E-state index contributed by atoms with van der Waals surface area (Å²) in [6.07, 6.45) is 2.93. The molecule has 2 rings (SSSR count). The van der Waals surface area contributed by atoms with Gasteiger partial charge in [0.2, 0.25) is 0 Å². The number of nitro benzene ring substituents is 1. The van der Waals surface area contributed by atoms with E-state index >= 15 is 0 Å². The number of aromatic nitrogens is 2. The Labute approximate surface area is 156 Å². The molecule has 0 aliphatic rings. The van der Waals surface area contributed by atoms with Crippen LogP contribution in [0.15, 0.2) is 24.5 Å². The molecule has 1 aromatic heterocycles. The van der Waals surface area contributed by atoms with E-state index in [1.165, 1.54) is 31.6 Å². The van der Waals surface area contributed by atoms with Gasteiger partial charge in [0.1, 0.15) is 11.4 Å². The third-order valence-electron chi connectivity index (χ3n) is 3.60. The van der Waals surface area contributed by atoms with Crippen LogP contribution >= 0.6 is 0 Å². The largest absolute Gasteiger partial charge is 0.493 e. The number of carbonyl (C=O) groups is 1. The van der Waals surface area contributed by atoms with Crippen LogP contribution in [0, 0.1) is 10.1 Å². The molecule has 2 aromatic rings. The van der Waals surface area contributed by atoms with E-state index in [-0.39, 0.29) is 28.2 Å². The minimum absolute atomic E-state index is 0.149. The molecule has 0 fully saturated rings. The predicted molar refractivity (Wildman–Crippen MR) is 99.5 cm³/mol. The summed E-state index contributed by atoms with van der Waals surface area (Å²) in [6.45, 7) is 7.98. The van der Waals surface area contributed by atoms with Crippen molar-refractivity contribution in [2.24, 2.45) is 0 Å². The van der Waals surface area contributed by atoms with Gasteiger partial charge in [-0.25, -0.2) is 9.97 Å². The lowest BCUT2D eigenvalue weighted by molar-refractivity contribution is -0.385. The van der Waals surface area contributed by atoms with Crippen LogP contribution in [0.5, 0.6) is 11.5 Å². The quantitative estimate of drug-likeness (QED) is 0.609. The van der Waals surface area contributed by atoms with Crippen molar-refractivity contribution in [3.8, 4) is 11.5 Å². The van der Waals surface area contributed by atoms with Crippen LogP contribution < -0.4 is 14.8 Å². The van der Waals surface area contributed by atoms with Crippen LogP contribution in [-0.4, -0.2) is 34.5 Å². The molecule has 0 saturated heterocycles. The molecule has 0 saturated carbocycles. The second-order valence-electron chi connectivity index (χ2n) is 6.71. The SMILES string of the molecule is CCOc1cc(C(=O)Nc2cnc(C(C)(C)C)nc2)c([N+](=O)[O-])cc1OC. The van der Waals surface area contributed by atoms with Gasteiger partial charge in [-0.1, -0.05) is 20.8 Å². The maximum Gasteiger partial charge on any atom is 0.286 e.